The predicted octanol–water partition coefficient (Wildman–Crippen LogP) is 5.34. The maximum absolute atomic E-state index is 12.0. The first-order chi connectivity index (χ1) is 13.7. The SMILES string of the molecule is C=CCCCOc1ccc(-c2ccc(-c3ccccc3)n2CC(=O)OC)cc1. The molecular weight excluding hydrogens is 350 g/mol. The Kier molecular flexibility index (Phi) is 6.68. The van der Waals surface area contributed by atoms with Crippen LogP contribution in [0.2, 0.25) is 0 Å². The normalized spacial score (nSPS) is 10.5. The van der Waals surface area contributed by atoms with Crippen molar-refractivity contribution < 1.29 is 14.3 Å². The second-order valence-corrected chi connectivity index (χ2v) is 6.44. The van der Waals surface area contributed by atoms with Crippen molar-refractivity contribution in [3.63, 3.8) is 0 Å². The Bertz CT molecular complexity index is 911. The summed E-state index contributed by atoms with van der Waals surface area (Å²) in [5.74, 6) is 0.555. The third kappa shape index (κ3) is 4.71. The number of allylic oxidation sites excluding steroid dienone is 1. The molecule has 0 unspecified atom stereocenters. The molecule has 0 N–H and O–H groups in total. The summed E-state index contributed by atoms with van der Waals surface area (Å²) in [5.41, 5.74) is 4.01. The minimum atomic E-state index is -0.281. The van der Waals surface area contributed by atoms with Crippen LogP contribution in [-0.2, 0) is 16.1 Å². The molecule has 0 saturated heterocycles. The molecule has 0 aliphatic carbocycles. The maximum atomic E-state index is 12.0. The van der Waals surface area contributed by atoms with Crippen LogP contribution in [0.3, 0.4) is 0 Å². The molecule has 0 saturated carbocycles. The number of methoxy groups -OCH3 is 1. The number of rotatable bonds is 9. The van der Waals surface area contributed by atoms with E-state index in [2.05, 4.69) is 6.58 Å². The lowest BCUT2D eigenvalue weighted by Crippen LogP contribution is -2.13. The van der Waals surface area contributed by atoms with Gasteiger partial charge in [-0.2, -0.15) is 0 Å². The highest BCUT2D eigenvalue weighted by atomic mass is 16.5. The first-order valence-corrected chi connectivity index (χ1v) is 9.39. The number of nitrogens with zero attached hydrogens (tertiary/aromatic N) is 1. The average molecular weight is 375 g/mol. The van der Waals surface area contributed by atoms with Crippen LogP contribution < -0.4 is 4.74 Å². The van der Waals surface area contributed by atoms with Gasteiger partial charge in [-0.05, 0) is 60.4 Å². The fourth-order valence-corrected chi connectivity index (χ4v) is 3.08. The van der Waals surface area contributed by atoms with Crippen LogP contribution in [0, 0.1) is 0 Å². The number of unbranched alkanes of at least 4 members (excludes halogenated alkanes) is 1. The topological polar surface area (TPSA) is 40.5 Å². The van der Waals surface area contributed by atoms with E-state index in [-0.39, 0.29) is 12.5 Å². The number of hydrogen-bond acceptors (Lipinski definition) is 3. The number of benzene rings is 2. The maximum Gasteiger partial charge on any atom is 0.325 e. The van der Waals surface area contributed by atoms with E-state index in [1.54, 1.807) is 0 Å². The molecule has 0 aliphatic rings. The molecular formula is C24H25NO3. The second-order valence-electron chi connectivity index (χ2n) is 6.44. The molecule has 4 heteroatoms. The number of esters is 1. The first kappa shape index (κ1) is 19.5. The van der Waals surface area contributed by atoms with Crippen molar-refractivity contribution in [2.24, 2.45) is 0 Å². The quantitative estimate of drug-likeness (QED) is 0.288. The first-order valence-electron chi connectivity index (χ1n) is 9.39. The zero-order valence-corrected chi connectivity index (χ0v) is 16.1. The van der Waals surface area contributed by atoms with Gasteiger partial charge in [-0.25, -0.2) is 0 Å². The number of carbonyl (C=O) groups excluding carboxylic acids is 1. The summed E-state index contributed by atoms with van der Waals surface area (Å²) in [6.07, 6.45) is 3.79. The summed E-state index contributed by atoms with van der Waals surface area (Å²) in [6, 6.07) is 22.0. The van der Waals surface area contributed by atoms with E-state index in [1.807, 2.05) is 77.4 Å². The molecule has 144 valence electrons. The highest BCUT2D eigenvalue weighted by Gasteiger charge is 2.15. The van der Waals surface area contributed by atoms with E-state index in [0.717, 1.165) is 41.1 Å². The molecule has 28 heavy (non-hydrogen) atoms. The van der Waals surface area contributed by atoms with Gasteiger partial charge in [0, 0.05) is 11.4 Å². The minimum Gasteiger partial charge on any atom is -0.494 e. The Labute approximate surface area is 166 Å². The van der Waals surface area contributed by atoms with E-state index < -0.39 is 0 Å². The molecule has 1 aromatic heterocycles. The number of aromatic nitrogens is 1. The van der Waals surface area contributed by atoms with Gasteiger partial charge in [-0.3, -0.25) is 4.79 Å². The van der Waals surface area contributed by atoms with Crippen molar-refractivity contribution in [3.8, 4) is 28.3 Å². The van der Waals surface area contributed by atoms with Crippen molar-refractivity contribution >= 4 is 5.97 Å². The van der Waals surface area contributed by atoms with Crippen LogP contribution in [0.4, 0.5) is 0 Å². The van der Waals surface area contributed by atoms with Gasteiger partial charge in [0.15, 0.2) is 0 Å². The van der Waals surface area contributed by atoms with E-state index >= 15 is 0 Å². The third-order valence-electron chi connectivity index (χ3n) is 4.54. The van der Waals surface area contributed by atoms with Crippen LogP contribution in [0.15, 0.2) is 79.4 Å². The molecule has 0 bridgehead atoms. The molecule has 0 amide bonds. The van der Waals surface area contributed by atoms with Gasteiger partial charge < -0.3 is 14.0 Å². The summed E-state index contributed by atoms with van der Waals surface area (Å²) in [5, 5.41) is 0. The molecule has 2 aromatic carbocycles. The molecule has 3 rings (SSSR count). The van der Waals surface area contributed by atoms with Gasteiger partial charge in [0.25, 0.3) is 0 Å². The highest BCUT2D eigenvalue weighted by Crippen LogP contribution is 2.30. The Balaban J connectivity index is 1.87. The minimum absolute atomic E-state index is 0.156. The summed E-state index contributed by atoms with van der Waals surface area (Å²) in [7, 11) is 1.41. The van der Waals surface area contributed by atoms with Crippen molar-refractivity contribution in [2.45, 2.75) is 19.4 Å². The van der Waals surface area contributed by atoms with Crippen LogP contribution in [-0.4, -0.2) is 24.3 Å². The predicted molar refractivity (Wildman–Crippen MR) is 112 cm³/mol. The van der Waals surface area contributed by atoms with Gasteiger partial charge in [-0.1, -0.05) is 36.4 Å². The molecule has 0 spiro atoms. The average Bonchev–Trinajstić information content (AvgIpc) is 3.15. The fraction of sp³-hybridized carbons (Fsp3) is 0.208. The number of carbonyl (C=O) groups is 1. The van der Waals surface area contributed by atoms with E-state index in [0.29, 0.717) is 6.61 Å². The number of ether oxygens (including phenoxy) is 2. The van der Waals surface area contributed by atoms with Gasteiger partial charge in [0.2, 0.25) is 0 Å². The molecule has 0 atom stereocenters. The summed E-state index contributed by atoms with van der Waals surface area (Å²) in [6.45, 7) is 4.54. The zero-order chi connectivity index (χ0) is 19.8. The van der Waals surface area contributed by atoms with Crippen LogP contribution in [0.5, 0.6) is 5.75 Å². The monoisotopic (exact) mass is 375 g/mol. The smallest absolute Gasteiger partial charge is 0.325 e. The number of hydrogen-bond donors (Lipinski definition) is 0. The second kappa shape index (κ2) is 9.60. The van der Waals surface area contributed by atoms with Gasteiger partial charge in [-0.15, -0.1) is 6.58 Å². The lowest BCUT2D eigenvalue weighted by Gasteiger charge is -2.13. The summed E-state index contributed by atoms with van der Waals surface area (Å²) >= 11 is 0. The van der Waals surface area contributed by atoms with Gasteiger partial charge in [0.05, 0.1) is 13.7 Å². The Morgan fingerprint density at radius 3 is 2.21 bits per heavy atom. The molecule has 0 fully saturated rings. The van der Waals surface area contributed by atoms with Crippen molar-refractivity contribution in [3.05, 3.63) is 79.4 Å². The summed E-state index contributed by atoms with van der Waals surface area (Å²) in [4.78, 5) is 12.0. The van der Waals surface area contributed by atoms with Crippen LogP contribution >= 0.6 is 0 Å². The standard InChI is InChI=1S/C24H25NO3/c1-3-4-8-17-28-21-13-11-20(12-14-21)23-16-15-22(19-9-6-5-7-10-19)25(23)18-24(26)27-2/h3,5-7,9-16H,1,4,8,17-18H2,2H3. The molecule has 1 heterocycles. The molecule has 0 aliphatic heterocycles. The van der Waals surface area contributed by atoms with Crippen molar-refractivity contribution in [1.82, 2.24) is 4.57 Å². The van der Waals surface area contributed by atoms with E-state index in [9.17, 15) is 4.79 Å². The largest absolute Gasteiger partial charge is 0.494 e. The Hall–Kier alpha value is -3.27. The van der Waals surface area contributed by atoms with Gasteiger partial charge >= 0.3 is 5.97 Å². The van der Waals surface area contributed by atoms with Crippen molar-refractivity contribution in [2.75, 3.05) is 13.7 Å². The van der Waals surface area contributed by atoms with E-state index in [1.165, 1.54) is 7.11 Å². The molecule has 4 nitrogen and oxygen atoms in total. The Morgan fingerprint density at radius 2 is 1.61 bits per heavy atom. The lowest BCUT2D eigenvalue weighted by atomic mass is 10.1. The molecule has 3 aromatic rings. The van der Waals surface area contributed by atoms with E-state index in [4.69, 9.17) is 9.47 Å². The lowest BCUT2D eigenvalue weighted by molar-refractivity contribution is -0.141. The zero-order valence-electron chi connectivity index (χ0n) is 16.1. The third-order valence-corrected chi connectivity index (χ3v) is 4.54. The Morgan fingerprint density at radius 1 is 0.964 bits per heavy atom. The highest BCUT2D eigenvalue weighted by molar-refractivity contribution is 5.75. The van der Waals surface area contributed by atoms with Crippen LogP contribution in [0.1, 0.15) is 12.8 Å². The van der Waals surface area contributed by atoms with Gasteiger partial charge in [0.1, 0.15) is 12.3 Å². The molecule has 0 radical (unpaired) electrons. The van der Waals surface area contributed by atoms with Crippen molar-refractivity contribution in [1.29, 1.82) is 0 Å². The fourth-order valence-electron chi connectivity index (χ4n) is 3.08. The van der Waals surface area contributed by atoms with Crippen LogP contribution in [0.25, 0.3) is 22.5 Å². The summed E-state index contributed by atoms with van der Waals surface area (Å²) < 4.78 is 12.6.